The van der Waals surface area contributed by atoms with E-state index in [1.807, 2.05) is 6.92 Å². The Hall–Kier alpha value is -3.03. The van der Waals surface area contributed by atoms with Crippen LogP contribution in [0.1, 0.15) is 23.2 Å². The molecule has 0 atom stereocenters. The molecule has 27 heavy (non-hydrogen) atoms. The molecule has 144 valence electrons. The van der Waals surface area contributed by atoms with Crippen LogP contribution in [0.3, 0.4) is 0 Å². The van der Waals surface area contributed by atoms with E-state index in [1.165, 1.54) is 12.1 Å². The highest BCUT2D eigenvalue weighted by molar-refractivity contribution is 5.89. The van der Waals surface area contributed by atoms with E-state index in [-0.39, 0.29) is 11.6 Å². The molecule has 1 amide bonds. The molecule has 3 rings (SSSR count). The first-order valence-corrected chi connectivity index (χ1v) is 8.99. The number of nitrogens with one attached hydrogen (secondary N) is 1. The lowest BCUT2D eigenvalue weighted by Gasteiger charge is -2.37. The molecular weight excluding hydrogens is 349 g/mol. The number of benzene rings is 1. The van der Waals surface area contributed by atoms with Gasteiger partial charge >= 0.3 is 0 Å². The summed E-state index contributed by atoms with van der Waals surface area (Å²) in [6, 6.07) is 9.84. The Bertz CT molecular complexity index is 795. The lowest BCUT2D eigenvalue weighted by atomic mass is 10.2. The number of primary amides is 1. The maximum Gasteiger partial charge on any atom is 0.284 e. The predicted octanol–water partition coefficient (Wildman–Crippen LogP) is 1.81. The summed E-state index contributed by atoms with van der Waals surface area (Å²) in [6.45, 7) is 6.34. The molecule has 7 nitrogen and oxygen atoms in total. The van der Waals surface area contributed by atoms with Gasteiger partial charge in [0.25, 0.3) is 5.91 Å². The van der Waals surface area contributed by atoms with Crippen LogP contribution in [-0.4, -0.2) is 49.5 Å². The van der Waals surface area contributed by atoms with Crippen molar-refractivity contribution >= 4 is 17.6 Å². The van der Waals surface area contributed by atoms with Crippen molar-refractivity contribution in [3.63, 3.8) is 0 Å². The number of amides is 1. The Morgan fingerprint density at radius 2 is 1.89 bits per heavy atom. The number of anilines is 1. The van der Waals surface area contributed by atoms with Crippen LogP contribution in [0.15, 0.2) is 45.8 Å². The molecule has 0 spiro atoms. The largest absolute Gasteiger partial charge is 0.454 e. The van der Waals surface area contributed by atoms with Crippen molar-refractivity contribution in [2.24, 2.45) is 10.7 Å². The number of nitrogens with zero attached hydrogens (tertiary/aromatic N) is 3. The van der Waals surface area contributed by atoms with Crippen LogP contribution < -0.4 is 16.0 Å². The summed E-state index contributed by atoms with van der Waals surface area (Å²) < 4.78 is 18.5. The fraction of sp³-hybridized carbons (Fsp3) is 0.368. The van der Waals surface area contributed by atoms with Crippen LogP contribution in [0, 0.1) is 5.82 Å². The molecule has 0 saturated carbocycles. The second-order valence-corrected chi connectivity index (χ2v) is 6.25. The van der Waals surface area contributed by atoms with Gasteiger partial charge in [-0.1, -0.05) is 0 Å². The van der Waals surface area contributed by atoms with Crippen molar-refractivity contribution in [1.82, 2.24) is 10.2 Å². The van der Waals surface area contributed by atoms with Gasteiger partial charge in [-0.15, -0.1) is 0 Å². The van der Waals surface area contributed by atoms with Crippen molar-refractivity contribution in [1.29, 1.82) is 0 Å². The molecule has 1 saturated heterocycles. The van der Waals surface area contributed by atoms with Gasteiger partial charge in [0.1, 0.15) is 18.1 Å². The van der Waals surface area contributed by atoms with Crippen LogP contribution in [0.5, 0.6) is 0 Å². The van der Waals surface area contributed by atoms with E-state index in [9.17, 15) is 9.18 Å². The Morgan fingerprint density at radius 3 is 2.48 bits per heavy atom. The number of hydrogen-bond donors (Lipinski definition) is 2. The maximum atomic E-state index is 13.1. The second kappa shape index (κ2) is 8.57. The smallest absolute Gasteiger partial charge is 0.284 e. The van der Waals surface area contributed by atoms with Crippen molar-refractivity contribution < 1.29 is 13.6 Å². The Labute approximate surface area is 157 Å². The lowest BCUT2D eigenvalue weighted by Crippen LogP contribution is -2.52. The van der Waals surface area contributed by atoms with Crippen LogP contribution in [0.2, 0.25) is 0 Å². The fourth-order valence-electron chi connectivity index (χ4n) is 3.00. The first-order valence-electron chi connectivity index (χ1n) is 8.99. The molecule has 0 radical (unpaired) electrons. The molecule has 2 heterocycles. The molecular formula is C19H24FN5O2. The molecule has 8 heteroatoms. The summed E-state index contributed by atoms with van der Waals surface area (Å²) >= 11 is 0. The number of furan rings is 1. The van der Waals surface area contributed by atoms with Crippen molar-refractivity contribution in [2.75, 3.05) is 37.6 Å². The van der Waals surface area contributed by atoms with E-state index < -0.39 is 5.91 Å². The Kier molecular flexibility index (Phi) is 5.95. The molecule has 0 unspecified atom stereocenters. The number of piperazine rings is 1. The Balaban J connectivity index is 1.61. The summed E-state index contributed by atoms with van der Waals surface area (Å²) in [5.74, 6) is 0.709. The molecule has 3 N–H and O–H groups in total. The number of rotatable bonds is 5. The van der Waals surface area contributed by atoms with Crippen LogP contribution >= 0.6 is 0 Å². The van der Waals surface area contributed by atoms with Crippen LogP contribution in [0.25, 0.3) is 0 Å². The third-order valence-electron chi connectivity index (χ3n) is 4.40. The molecule has 1 aliphatic heterocycles. The van der Waals surface area contributed by atoms with Gasteiger partial charge in [-0.05, 0) is 43.3 Å². The van der Waals surface area contributed by atoms with Gasteiger partial charge in [0.05, 0.1) is 0 Å². The number of carbonyl (C=O) groups excluding carboxylic acids is 1. The van der Waals surface area contributed by atoms with E-state index in [2.05, 4.69) is 20.1 Å². The second-order valence-electron chi connectivity index (χ2n) is 6.25. The van der Waals surface area contributed by atoms with Crippen molar-refractivity contribution in [2.45, 2.75) is 13.5 Å². The summed E-state index contributed by atoms with van der Waals surface area (Å²) in [7, 11) is 0. The van der Waals surface area contributed by atoms with Gasteiger partial charge < -0.3 is 25.3 Å². The zero-order valence-corrected chi connectivity index (χ0v) is 15.3. The fourth-order valence-corrected chi connectivity index (χ4v) is 3.00. The highest BCUT2D eigenvalue weighted by Gasteiger charge is 2.20. The number of aliphatic imine (C=N–C) groups is 1. The number of guanidine groups is 1. The van der Waals surface area contributed by atoms with Crippen molar-refractivity contribution in [3.05, 3.63) is 53.7 Å². The summed E-state index contributed by atoms with van der Waals surface area (Å²) in [4.78, 5) is 20.1. The summed E-state index contributed by atoms with van der Waals surface area (Å²) in [5, 5.41) is 3.29. The maximum absolute atomic E-state index is 13.1. The van der Waals surface area contributed by atoms with Crippen LogP contribution in [0.4, 0.5) is 10.1 Å². The lowest BCUT2D eigenvalue weighted by molar-refractivity contribution is 0.0972. The number of carbonyl (C=O) groups is 1. The quantitative estimate of drug-likeness (QED) is 0.617. The first-order chi connectivity index (χ1) is 13.1. The minimum Gasteiger partial charge on any atom is -0.454 e. The SMILES string of the molecule is CCNC(=NCc1ccc(C(N)=O)o1)N1CCN(c2ccc(F)cc2)CC1. The summed E-state index contributed by atoms with van der Waals surface area (Å²) in [5.41, 5.74) is 6.22. The van der Waals surface area contributed by atoms with Crippen LogP contribution in [-0.2, 0) is 6.54 Å². The topological polar surface area (TPSA) is 87.1 Å². The molecule has 0 aliphatic carbocycles. The molecule has 1 aromatic carbocycles. The van der Waals surface area contributed by atoms with Gasteiger partial charge in [0.2, 0.25) is 0 Å². The molecule has 1 aliphatic rings. The zero-order chi connectivity index (χ0) is 19.2. The highest BCUT2D eigenvalue weighted by atomic mass is 19.1. The molecule has 1 fully saturated rings. The molecule has 2 aromatic rings. The van der Waals surface area contributed by atoms with E-state index >= 15 is 0 Å². The highest BCUT2D eigenvalue weighted by Crippen LogP contribution is 2.17. The van der Waals surface area contributed by atoms with Gasteiger partial charge in [-0.3, -0.25) is 4.79 Å². The molecule has 1 aromatic heterocycles. The predicted molar refractivity (Wildman–Crippen MR) is 102 cm³/mol. The first kappa shape index (κ1) is 18.8. The van der Waals surface area contributed by atoms with E-state index in [4.69, 9.17) is 10.2 Å². The van der Waals surface area contributed by atoms with Gasteiger partial charge in [-0.25, -0.2) is 9.38 Å². The number of halogens is 1. The van der Waals surface area contributed by atoms with Gasteiger partial charge in [0, 0.05) is 38.4 Å². The van der Waals surface area contributed by atoms with Gasteiger partial charge in [-0.2, -0.15) is 0 Å². The third-order valence-corrected chi connectivity index (χ3v) is 4.40. The van der Waals surface area contributed by atoms with Gasteiger partial charge in [0.15, 0.2) is 11.7 Å². The minimum absolute atomic E-state index is 0.137. The normalized spacial score (nSPS) is 15.1. The standard InChI is InChI=1S/C19H24FN5O2/c1-2-22-19(23-13-16-7-8-17(27-16)18(21)26)25-11-9-24(10-12-25)15-5-3-14(20)4-6-15/h3-8H,2,9-13H2,1H3,(H2,21,26)(H,22,23). The van der Waals surface area contributed by atoms with E-state index in [1.54, 1.807) is 24.3 Å². The number of hydrogen-bond acceptors (Lipinski definition) is 4. The molecule has 0 bridgehead atoms. The average molecular weight is 373 g/mol. The summed E-state index contributed by atoms with van der Waals surface area (Å²) in [6.07, 6.45) is 0. The van der Waals surface area contributed by atoms with E-state index in [0.29, 0.717) is 12.3 Å². The monoisotopic (exact) mass is 373 g/mol. The minimum atomic E-state index is -0.589. The third kappa shape index (κ3) is 4.78. The van der Waals surface area contributed by atoms with Crippen molar-refractivity contribution in [3.8, 4) is 0 Å². The van der Waals surface area contributed by atoms with E-state index in [0.717, 1.165) is 44.4 Å². The Morgan fingerprint density at radius 1 is 1.19 bits per heavy atom. The average Bonchev–Trinajstić information content (AvgIpc) is 3.15. The number of nitrogens with two attached hydrogens (primary N) is 1. The zero-order valence-electron chi connectivity index (χ0n) is 15.3.